The average molecular weight is 509 g/mol. The Morgan fingerprint density at radius 3 is 2.97 bits per heavy atom. The van der Waals surface area contributed by atoms with Crippen molar-refractivity contribution in [1.29, 1.82) is 0 Å². The van der Waals surface area contributed by atoms with Crippen LogP contribution in [0.5, 0.6) is 0 Å². The summed E-state index contributed by atoms with van der Waals surface area (Å²) in [7, 11) is 0. The van der Waals surface area contributed by atoms with Gasteiger partial charge < -0.3 is 24.8 Å². The lowest BCUT2D eigenvalue weighted by Gasteiger charge is -2.34. The van der Waals surface area contributed by atoms with E-state index in [0.717, 1.165) is 33.8 Å². The summed E-state index contributed by atoms with van der Waals surface area (Å²) in [6, 6.07) is 13.5. The van der Waals surface area contributed by atoms with Gasteiger partial charge in [0.05, 0.1) is 25.9 Å². The Hall–Kier alpha value is -3.46. The number of halogens is 1. The van der Waals surface area contributed by atoms with Gasteiger partial charge in [-0.1, -0.05) is 35.9 Å². The van der Waals surface area contributed by atoms with E-state index >= 15 is 0 Å². The Morgan fingerprint density at radius 2 is 2.19 bits per heavy atom. The highest BCUT2D eigenvalue weighted by atomic mass is 35.5. The van der Waals surface area contributed by atoms with Crippen LogP contribution in [0.25, 0.3) is 17.2 Å². The lowest BCUT2D eigenvalue weighted by molar-refractivity contribution is -0.137. The average Bonchev–Trinajstić information content (AvgIpc) is 2.90. The first-order valence-electron chi connectivity index (χ1n) is 11.8. The van der Waals surface area contributed by atoms with Gasteiger partial charge in [-0.05, 0) is 54.8 Å². The number of benzene rings is 2. The number of carbonyl (C=O) groups is 1. The van der Waals surface area contributed by atoms with E-state index < -0.39 is 0 Å². The number of esters is 1. The van der Waals surface area contributed by atoms with Gasteiger partial charge in [0.25, 0.3) is 0 Å². The quantitative estimate of drug-likeness (QED) is 0.336. The third-order valence-corrected chi connectivity index (χ3v) is 6.14. The number of aromatic nitrogens is 2. The molecule has 8 nitrogen and oxygen atoms in total. The summed E-state index contributed by atoms with van der Waals surface area (Å²) in [5.41, 5.74) is 4.34. The molecule has 0 spiro atoms. The van der Waals surface area contributed by atoms with Crippen LogP contribution < -0.4 is 10.2 Å². The van der Waals surface area contributed by atoms with Gasteiger partial charge in [-0.2, -0.15) is 4.98 Å². The van der Waals surface area contributed by atoms with Gasteiger partial charge in [0.2, 0.25) is 5.95 Å². The van der Waals surface area contributed by atoms with E-state index in [2.05, 4.69) is 15.2 Å². The van der Waals surface area contributed by atoms with Crippen LogP contribution in [0.1, 0.15) is 18.1 Å². The number of aryl methyl sites for hydroxylation is 1. The Bertz CT molecular complexity index is 1250. The molecule has 4 rings (SSSR count). The second kappa shape index (κ2) is 12.0. The minimum atomic E-state index is -0.387. The van der Waals surface area contributed by atoms with Crippen LogP contribution in [0.2, 0.25) is 5.02 Å². The van der Waals surface area contributed by atoms with Gasteiger partial charge in [0.15, 0.2) is 0 Å². The highest BCUT2D eigenvalue weighted by Gasteiger charge is 2.24. The van der Waals surface area contributed by atoms with Crippen LogP contribution in [0.3, 0.4) is 0 Å². The summed E-state index contributed by atoms with van der Waals surface area (Å²) in [6.45, 7) is 5.57. The smallest absolute Gasteiger partial charge is 0.330 e. The topological polar surface area (TPSA) is 96.8 Å². The van der Waals surface area contributed by atoms with Gasteiger partial charge in [-0.15, -0.1) is 0 Å². The maximum Gasteiger partial charge on any atom is 0.330 e. The third-order valence-electron chi connectivity index (χ3n) is 5.73. The molecule has 0 bridgehead atoms. The zero-order valence-corrected chi connectivity index (χ0v) is 21.0. The molecule has 1 aliphatic rings. The van der Waals surface area contributed by atoms with Crippen LogP contribution in [-0.4, -0.2) is 60.1 Å². The lowest BCUT2D eigenvalue weighted by Crippen LogP contribution is -2.44. The van der Waals surface area contributed by atoms with Gasteiger partial charge in [0.1, 0.15) is 5.82 Å². The molecule has 36 heavy (non-hydrogen) atoms. The first kappa shape index (κ1) is 25.6. The molecule has 0 aliphatic carbocycles. The Kier molecular flexibility index (Phi) is 8.53. The van der Waals surface area contributed by atoms with Crippen molar-refractivity contribution in [2.75, 3.05) is 43.1 Å². The van der Waals surface area contributed by atoms with Gasteiger partial charge in [-0.3, -0.25) is 0 Å². The van der Waals surface area contributed by atoms with Crippen molar-refractivity contribution in [2.24, 2.45) is 0 Å². The van der Waals surface area contributed by atoms with Crippen molar-refractivity contribution < 1.29 is 19.4 Å². The SMILES string of the molecule is CCOC(=O)C=Cc1cccc(-c2cnc(Nc3ccc(C)c(Cl)c3)nc2N2CCOC(CO)C2)c1. The van der Waals surface area contributed by atoms with E-state index in [0.29, 0.717) is 37.3 Å². The predicted molar refractivity (Wildman–Crippen MR) is 142 cm³/mol. The molecule has 1 aromatic heterocycles. The van der Waals surface area contributed by atoms with Gasteiger partial charge in [-0.25, -0.2) is 9.78 Å². The summed E-state index contributed by atoms with van der Waals surface area (Å²) < 4.78 is 10.6. The van der Waals surface area contributed by atoms with E-state index in [9.17, 15) is 9.90 Å². The van der Waals surface area contributed by atoms with Crippen LogP contribution in [0.15, 0.2) is 54.7 Å². The van der Waals surface area contributed by atoms with E-state index in [-0.39, 0.29) is 18.7 Å². The Morgan fingerprint density at radius 1 is 1.33 bits per heavy atom. The van der Waals surface area contributed by atoms with Crippen LogP contribution >= 0.6 is 11.6 Å². The first-order valence-corrected chi connectivity index (χ1v) is 12.2. The number of nitrogens with zero attached hydrogens (tertiary/aromatic N) is 3. The zero-order chi connectivity index (χ0) is 25.5. The molecule has 0 saturated carbocycles. The summed E-state index contributed by atoms with van der Waals surface area (Å²) in [5.74, 6) is 0.764. The van der Waals surface area contributed by atoms with E-state index in [1.807, 2.05) is 49.4 Å². The number of hydrogen-bond donors (Lipinski definition) is 2. The molecule has 1 fully saturated rings. The highest BCUT2D eigenvalue weighted by molar-refractivity contribution is 6.31. The monoisotopic (exact) mass is 508 g/mol. The molecule has 1 aliphatic heterocycles. The molecule has 2 aromatic carbocycles. The fraction of sp³-hybridized carbons (Fsp3) is 0.296. The number of aliphatic hydroxyl groups is 1. The molecule has 188 valence electrons. The first-order chi connectivity index (χ1) is 17.5. The van der Waals surface area contributed by atoms with E-state index in [4.69, 9.17) is 26.1 Å². The van der Waals surface area contributed by atoms with Crippen molar-refractivity contribution in [3.8, 4) is 11.1 Å². The summed E-state index contributed by atoms with van der Waals surface area (Å²) in [5, 5.41) is 13.6. The number of ether oxygens (including phenoxy) is 2. The number of aliphatic hydroxyl groups excluding tert-OH is 1. The molecule has 2 N–H and O–H groups in total. The zero-order valence-electron chi connectivity index (χ0n) is 20.3. The number of morpholine rings is 1. The van der Waals surface area contributed by atoms with Crippen molar-refractivity contribution in [2.45, 2.75) is 20.0 Å². The molecule has 3 aromatic rings. The molecule has 2 heterocycles. The highest BCUT2D eigenvalue weighted by Crippen LogP contribution is 2.32. The number of nitrogens with one attached hydrogen (secondary N) is 1. The fourth-order valence-corrected chi connectivity index (χ4v) is 4.04. The minimum Gasteiger partial charge on any atom is -0.463 e. The molecule has 0 radical (unpaired) electrons. The Labute approximate surface area is 215 Å². The van der Waals surface area contributed by atoms with Gasteiger partial charge >= 0.3 is 5.97 Å². The van der Waals surface area contributed by atoms with Crippen LogP contribution in [-0.2, 0) is 14.3 Å². The molecule has 0 amide bonds. The van der Waals surface area contributed by atoms with E-state index in [1.54, 1.807) is 19.2 Å². The fourth-order valence-electron chi connectivity index (χ4n) is 3.86. The third kappa shape index (κ3) is 6.40. The second-order valence-electron chi connectivity index (χ2n) is 8.35. The van der Waals surface area contributed by atoms with Crippen LogP contribution in [0.4, 0.5) is 17.5 Å². The maximum atomic E-state index is 11.7. The number of hydrogen-bond acceptors (Lipinski definition) is 8. The lowest BCUT2D eigenvalue weighted by atomic mass is 10.0. The van der Waals surface area contributed by atoms with Gasteiger partial charge in [0, 0.05) is 41.6 Å². The number of carbonyl (C=O) groups excluding carboxylic acids is 1. The summed E-state index contributed by atoms with van der Waals surface area (Å²) in [6.07, 6.45) is 4.61. The Balaban J connectivity index is 1.69. The summed E-state index contributed by atoms with van der Waals surface area (Å²) in [4.78, 5) is 23.2. The second-order valence-corrected chi connectivity index (χ2v) is 8.76. The number of rotatable bonds is 8. The normalized spacial score (nSPS) is 15.8. The van der Waals surface area contributed by atoms with Crippen molar-refractivity contribution in [3.05, 3.63) is 70.9 Å². The predicted octanol–water partition coefficient (Wildman–Crippen LogP) is 4.62. The van der Waals surface area contributed by atoms with Crippen molar-refractivity contribution in [3.63, 3.8) is 0 Å². The minimum absolute atomic E-state index is 0.0714. The number of anilines is 3. The molecule has 1 saturated heterocycles. The van der Waals surface area contributed by atoms with Crippen LogP contribution in [0, 0.1) is 6.92 Å². The molecular weight excluding hydrogens is 480 g/mol. The maximum absolute atomic E-state index is 11.7. The largest absolute Gasteiger partial charge is 0.463 e. The molecular formula is C27H29ClN4O4. The molecule has 1 atom stereocenters. The van der Waals surface area contributed by atoms with E-state index in [1.165, 1.54) is 6.08 Å². The molecule has 1 unspecified atom stereocenters. The van der Waals surface area contributed by atoms with Crippen molar-refractivity contribution in [1.82, 2.24) is 9.97 Å². The molecule has 9 heteroatoms. The summed E-state index contributed by atoms with van der Waals surface area (Å²) >= 11 is 6.29. The van der Waals surface area contributed by atoms with Crippen molar-refractivity contribution >= 4 is 41.1 Å². The standard InChI is InChI=1S/C27H29ClN4O4/c1-3-35-25(34)10-8-19-5-4-6-20(13-19)23-15-29-27(30-21-9-7-18(2)24(28)14-21)31-26(23)32-11-12-36-22(16-32)17-33/h4-10,13-15,22,33H,3,11-12,16-17H2,1-2H3,(H,29,30,31).